The largest absolute Gasteiger partial charge is 0.353 e. The van der Waals surface area contributed by atoms with E-state index in [0.29, 0.717) is 5.56 Å². The molecule has 2 saturated heterocycles. The van der Waals surface area contributed by atoms with Crippen LogP contribution in [0.15, 0.2) is 12.1 Å². The lowest BCUT2D eigenvalue weighted by Gasteiger charge is -2.36. The summed E-state index contributed by atoms with van der Waals surface area (Å²) >= 11 is 0. The first kappa shape index (κ1) is 18.2. The van der Waals surface area contributed by atoms with E-state index >= 15 is 0 Å². The van der Waals surface area contributed by atoms with E-state index < -0.39 is 0 Å². The minimum absolute atomic E-state index is 0.716. The van der Waals surface area contributed by atoms with E-state index in [2.05, 4.69) is 44.8 Å². The fourth-order valence-corrected chi connectivity index (χ4v) is 4.69. The van der Waals surface area contributed by atoms with Crippen LogP contribution in [-0.2, 0) is 12.8 Å². The number of hydrogen-bond acceptors (Lipinski definition) is 7. The summed E-state index contributed by atoms with van der Waals surface area (Å²) in [5.41, 5.74) is 4.18. The highest BCUT2D eigenvalue weighted by atomic mass is 15.3. The van der Waals surface area contributed by atoms with Gasteiger partial charge in [0.15, 0.2) is 0 Å². The number of rotatable bonds is 3. The van der Waals surface area contributed by atoms with E-state index in [-0.39, 0.29) is 0 Å². The molecule has 7 nitrogen and oxygen atoms in total. The second-order valence-corrected chi connectivity index (χ2v) is 8.27. The topological polar surface area (TPSA) is 72.2 Å². The zero-order valence-electron chi connectivity index (χ0n) is 17.1. The first-order chi connectivity index (χ1) is 14.2. The van der Waals surface area contributed by atoms with E-state index in [1.807, 2.05) is 0 Å². The van der Waals surface area contributed by atoms with Crippen molar-refractivity contribution >= 4 is 17.6 Å². The lowest BCUT2D eigenvalue weighted by molar-refractivity contribution is 0.638. The standard InChI is InChI=1S/C22H27N7/c1-16-13-20(26-22(24-16)29-7-2-3-8-29)27-9-11-28(12-10-27)21-18(15-23)14-17-5-4-6-19(17)25-21/h13-14H,2-12H2,1H3. The highest BCUT2D eigenvalue weighted by molar-refractivity contribution is 5.58. The molecule has 0 N–H and O–H groups in total. The summed E-state index contributed by atoms with van der Waals surface area (Å²) in [7, 11) is 0. The summed E-state index contributed by atoms with van der Waals surface area (Å²) in [6, 6.07) is 6.52. The van der Waals surface area contributed by atoms with Gasteiger partial charge in [-0.3, -0.25) is 0 Å². The predicted molar refractivity (Wildman–Crippen MR) is 114 cm³/mol. The Morgan fingerprint density at radius 2 is 1.59 bits per heavy atom. The first-order valence-electron chi connectivity index (χ1n) is 10.7. The molecular formula is C22H27N7. The average Bonchev–Trinajstić information content (AvgIpc) is 3.44. The minimum Gasteiger partial charge on any atom is -0.353 e. The van der Waals surface area contributed by atoms with Crippen molar-refractivity contribution in [3.8, 4) is 6.07 Å². The Morgan fingerprint density at radius 3 is 2.34 bits per heavy atom. The Labute approximate surface area is 172 Å². The van der Waals surface area contributed by atoms with E-state index in [1.165, 1.54) is 24.1 Å². The van der Waals surface area contributed by atoms with Crippen LogP contribution in [0.1, 0.15) is 41.8 Å². The van der Waals surface area contributed by atoms with E-state index in [9.17, 15) is 5.26 Å². The lowest BCUT2D eigenvalue weighted by atomic mass is 10.1. The van der Waals surface area contributed by atoms with Gasteiger partial charge in [0.2, 0.25) is 5.95 Å². The van der Waals surface area contributed by atoms with Gasteiger partial charge < -0.3 is 14.7 Å². The molecule has 0 atom stereocenters. The van der Waals surface area contributed by atoms with Gasteiger partial charge in [0.25, 0.3) is 0 Å². The lowest BCUT2D eigenvalue weighted by Crippen LogP contribution is -2.47. The molecule has 2 aromatic rings. The van der Waals surface area contributed by atoms with Gasteiger partial charge in [-0.05, 0) is 50.7 Å². The summed E-state index contributed by atoms with van der Waals surface area (Å²) in [4.78, 5) is 21.3. The summed E-state index contributed by atoms with van der Waals surface area (Å²) in [6.45, 7) is 7.61. The Kier molecular flexibility index (Phi) is 4.70. The third-order valence-electron chi connectivity index (χ3n) is 6.27. The number of anilines is 3. The van der Waals surface area contributed by atoms with E-state index in [1.54, 1.807) is 0 Å². The molecule has 4 heterocycles. The number of aryl methyl sites for hydroxylation is 3. The van der Waals surface area contributed by atoms with Crippen LogP contribution in [0.4, 0.5) is 17.6 Å². The van der Waals surface area contributed by atoms with Crippen LogP contribution in [0.5, 0.6) is 0 Å². The van der Waals surface area contributed by atoms with Crippen LogP contribution < -0.4 is 14.7 Å². The van der Waals surface area contributed by atoms with Crippen LogP contribution >= 0.6 is 0 Å². The third-order valence-corrected chi connectivity index (χ3v) is 6.27. The van der Waals surface area contributed by atoms with Gasteiger partial charge in [-0.15, -0.1) is 0 Å². The summed E-state index contributed by atoms with van der Waals surface area (Å²) in [6.07, 6.45) is 5.68. The third kappa shape index (κ3) is 3.48. The molecule has 2 fully saturated rings. The molecule has 29 heavy (non-hydrogen) atoms. The fourth-order valence-electron chi connectivity index (χ4n) is 4.69. The monoisotopic (exact) mass is 389 g/mol. The summed E-state index contributed by atoms with van der Waals surface area (Å²) < 4.78 is 0. The van der Waals surface area contributed by atoms with E-state index in [0.717, 1.165) is 81.8 Å². The fraction of sp³-hybridized carbons (Fsp3) is 0.545. The van der Waals surface area contributed by atoms with Crippen molar-refractivity contribution in [2.45, 2.75) is 39.0 Å². The predicted octanol–water partition coefficient (Wildman–Crippen LogP) is 2.47. The quantitative estimate of drug-likeness (QED) is 0.798. The zero-order chi connectivity index (χ0) is 19.8. The molecule has 0 unspecified atom stereocenters. The number of piperazine rings is 1. The van der Waals surface area contributed by atoms with Gasteiger partial charge >= 0.3 is 0 Å². The van der Waals surface area contributed by atoms with Gasteiger partial charge in [-0.25, -0.2) is 9.97 Å². The number of fused-ring (bicyclic) bond motifs is 1. The van der Waals surface area contributed by atoms with Gasteiger partial charge in [-0.1, -0.05) is 0 Å². The van der Waals surface area contributed by atoms with Crippen molar-refractivity contribution in [3.63, 3.8) is 0 Å². The Balaban J connectivity index is 1.33. The van der Waals surface area contributed by atoms with Crippen molar-refractivity contribution in [2.75, 3.05) is 54.0 Å². The maximum atomic E-state index is 9.63. The second kappa shape index (κ2) is 7.51. The van der Waals surface area contributed by atoms with Crippen LogP contribution in [0.2, 0.25) is 0 Å². The summed E-state index contributed by atoms with van der Waals surface area (Å²) in [5, 5.41) is 9.63. The minimum atomic E-state index is 0.716. The SMILES string of the molecule is Cc1cc(N2CCN(c3nc4c(cc3C#N)CCC4)CC2)nc(N2CCCC2)n1. The van der Waals surface area contributed by atoms with Gasteiger partial charge in [0, 0.05) is 56.7 Å². The number of pyridine rings is 1. The molecule has 0 amide bonds. The molecule has 7 heteroatoms. The van der Waals surface area contributed by atoms with Crippen LogP contribution in [-0.4, -0.2) is 54.2 Å². The van der Waals surface area contributed by atoms with Crippen molar-refractivity contribution in [3.05, 3.63) is 34.6 Å². The van der Waals surface area contributed by atoms with Crippen LogP contribution in [0.3, 0.4) is 0 Å². The molecule has 150 valence electrons. The number of aromatic nitrogens is 3. The van der Waals surface area contributed by atoms with Gasteiger partial charge in [0.05, 0.1) is 5.56 Å². The number of nitrogens with zero attached hydrogens (tertiary/aromatic N) is 7. The number of nitriles is 1. The zero-order valence-corrected chi connectivity index (χ0v) is 17.1. The Hall–Kier alpha value is -2.88. The first-order valence-corrected chi connectivity index (χ1v) is 10.7. The number of hydrogen-bond donors (Lipinski definition) is 0. The highest BCUT2D eigenvalue weighted by Gasteiger charge is 2.25. The molecule has 1 aliphatic carbocycles. The molecule has 3 aliphatic rings. The van der Waals surface area contributed by atoms with Crippen molar-refractivity contribution in [1.82, 2.24) is 15.0 Å². The second-order valence-electron chi connectivity index (χ2n) is 8.27. The normalized spacial score (nSPS) is 18.8. The van der Waals surface area contributed by atoms with Gasteiger partial charge in [0.1, 0.15) is 17.7 Å². The molecule has 5 rings (SSSR count). The van der Waals surface area contributed by atoms with Crippen molar-refractivity contribution in [2.24, 2.45) is 0 Å². The molecule has 0 bridgehead atoms. The molecule has 0 aromatic carbocycles. The summed E-state index contributed by atoms with van der Waals surface area (Å²) in [5.74, 6) is 2.75. The molecule has 0 radical (unpaired) electrons. The molecular weight excluding hydrogens is 362 g/mol. The molecule has 0 saturated carbocycles. The smallest absolute Gasteiger partial charge is 0.227 e. The maximum absolute atomic E-state index is 9.63. The van der Waals surface area contributed by atoms with Crippen LogP contribution in [0.25, 0.3) is 0 Å². The Bertz CT molecular complexity index is 950. The van der Waals surface area contributed by atoms with Crippen molar-refractivity contribution in [1.29, 1.82) is 5.26 Å². The molecule has 2 aromatic heterocycles. The van der Waals surface area contributed by atoms with E-state index in [4.69, 9.17) is 9.97 Å². The van der Waals surface area contributed by atoms with Gasteiger partial charge in [-0.2, -0.15) is 10.2 Å². The molecule has 2 aliphatic heterocycles. The van der Waals surface area contributed by atoms with Crippen LogP contribution in [0, 0.1) is 18.3 Å². The molecule has 0 spiro atoms. The Morgan fingerprint density at radius 1 is 0.828 bits per heavy atom. The van der Waals surface area contributed by atoms with Crippen molar-refractivity contribution < 1.29 is 0 Å². The highest BCUT2D eigenvalue weighted by Crippen LogP contribution is 2.28. The average molecular weight is 390 g/mol. The maximum Gasteiger partial charge on any atom is 0.227 e.